The van der Waals surface area contributed by atoms with E-state index in [1.807, 2.05) is 6.92 Å². The molecular formula is C17H26N2O4S. The van der Waals surface area contributed by atoms with Crippen LogP contribution in [0.3, 0.4) is 0 Å². The van der Waals surface area contributed by atoms with Crippen molar-refractivity contribution < 1.29 is 17.9 Å². The Hall–Kier alpha value is -1.44. The van der Waals surface area contributed by atoms with E-state index in [0.29, 0.717) is 31.8 Å². The number of amides is 1. The third-order valence-electron chi connectivity index (χ3n) is 4.02. The van der Waals surface area contributed by atoms with E-state index in [-0.39, 0.29) is 16.9 Å². The molecule has 134 valence electrons. The summed E-state index contributed by atoms with van der Waals surface area (Å²) >= 11 is 0. The van der Waals surface area contributed by atoms with E-state index in [1.54, 1.807) is 12.1 Å². The van der Waals surface area contributed by atoms with Crippen LogP contribution in [0.1, 0.15) is 43.5 Å². The zero-order chi connectivity index (χ0) is 17.6. The number of sulfonamides is 1. The van der Waals surface area contributed by atoms with Crippen molar-refractivity contribution in [2.75, 3.05) is 26.2 Å². The van der Waals surface area contributed by atoms with Crippen molar-refractivity contribution >= 4 is 15.9 Å². The predicted molar refractivity (Wildman–Crippen MR) is 92.5 cm³/mol. The van der Waals surface area contributed by atoms with E-state index in [9.17, 15) is 13.2 Å². The summed E-state index contributed by atoms with van der Waals surface area (Å²) in [4.78, 5) is 12.2. The lowest BCUT2D eigenvalue weighted by molar-refractivity contribution is 0.0102. The van der Waals surface area contributed by atoms with Gasteiger partial charge >= 0.3 is 0 Å². The third kappa shape index (κ3) is 4.78. The number of nitrogens with zero attached hydrogens (tertiary/aromatic N) is 1. The molecule has 0 saturated carbocycles. The molecule has 0 bridgehead atoms. The predicted octanol–water partition coefficient (Wildman–Crippen LogP) is 2.02. The maximum atomic E-state index is 12.6. The van der Waals surface area contributed by atoms with Gasteiger partial charge in [-0.3, -0.25) is 4.79 Å². The van der Waals surface area contributed by atoms with Crippen LogP contribution in [-0.4, -0.2) is 51.0 Å². The molecule has 1 saturated heterocycles. The highest BCUT2D eigenvalue weighted by atomic mass is 32.2. The van der Waals surface area contributed by atoms with Gasteiger partial charge in [-0.15, -0.1) is 0 Å². The summed E-state index contributed by atoms with van der Waals surface area (Å²) in [6.07, 6.45) is 3.02. The van der Waals surface area contributed by atoms with Gasteiger partial charge in [-0.2, -0.15) is 4.31 Å². The van der Waals surface area contributed by atoms with Crippen molar-refractivity contribution in [2.45, 2.75) is 44.1 Å². The van der Waals surface area contributed by atoms with E-state index in [1.165, 1.54) is 16.4 Å². The van der Waals surface area contributed by atoms with E-state index < -0.39 is 10.0 Å². The van der Waals surface area contributed by atoms with Crippen LogP contribution in [-0.2, 0) is 14.8 Å². The number of rotatable bonds is 7. The van der Waals surface area contributed by atoms with Gasteiger partial charge in [0.05, 0.1) is 17.6 Å². The van der Waals surface area contributed by atoms with Gasteiger partial charge in [0.2, 0.25) is 10.0 Å². The van der Waals surface area contributed by atoms with E-state index in [2.05, 4.69) is 12.2 Å². The molecule has 1 aromatic rings. The zero-order valence-electron chi connectivity index (χ0n) is 14.3. The SMILES string of the molecule is CCCCCNC(=O)c1ccc(S(=O)(=O)N2CCOC(C)C2)cc1. The molecule has 1 amide bonds. The van der Waals surface area contributed by atoms with Crippen molar-refractivity contribution in [3.05, 3.63) is 29.8 Å². The van der Waals surface area contributed by atoms with Crippen LogP contribution in [0.15, 0.2) is 29.2 Å². The van der Waals surface area contributed by atoms with Crippen LogP contribution in [0, 0.1) is 0 Å². The van der Waals surface area contributed by atoms with E-state index in [4.69, 9.17) is 4.74 Å². The van der Waals surface area contributed by atoms with Crippen LogP contribution < -0.4 is 5.32 Å². The Bertz CT molecular complexity index is 643. The number of hydrogen-bond donors (Lipinski definition) is 1. The largest absolute Gasteiger partial charge is 0.376 e. The first-order valence-electron chi connectivity index (χ1n) is 8.45. The molecule has 0 aliphatic carbocycles. The molecule has 0 radical (unpaired) electrons. The average molecular weight is 354 g/mol. The maximum Gasteiger partial charge on any atom is 0.251 e. The minimum atomic E-state index is -3.54. The molecule has 1 heterocycles. The number of benzene rings is 1. The number of morpholine rings is 1. The molecule has 1 unspecified atom stereocenters. The molecule has 2 rings (SSSR count). The summed E-state index contributed by atoms with van der Waals surface area (Å²) in [5.74, 6) is -0.171. The maximum absolute atomic E-state index is 12.6. The highest BCUT2D eigenvalue weighted by molar-refractivity contribution is 7.89. The lowest BCUT2D eigenvalue weighted by Crippen LogP contribution is -2.44. The van der Waals surface area contributed by atoms with Crippen molar-refractivity contribution in [1.82, 2.24) is 9.62 Å². The Kier molecular flexibility index (Phi) is 6.77. The number of nitrogens with one attached hydrogen (secondary N) is 1. The number of carbonyl (C=O) groups excluding carboxylic acids is 1. The Balaban J connectivity index is 2.01. The fourth-order valence-electron chi connectivity index (χ4n) is 2.61. The summed E-state index contributed by atoms with van der Waals surface area (Å²) in [5, 5.41) is 2.85. The Morgan fingerprint density at radius 3 is 2.62 bits per heavy atom. The highest BCUT2D eigenvalue weighted by Gasteiger charge is 2.29. The Morgan fingerprint density at radius 2 is 2.00 bits per heavy atom. The van der Waals surface area contributed by atoms with Gasteiger partial charge < -0.3 is 10.1 Å². The topological polar surface area (TPSA) is 75.7 Å². The molecule has 7 heteroatoms. The monoisotopic (exact) mass is 354 g/mol. The van der Waals surface area contributed by atoms with E-state index >= 15 is 0 Å². The number of hydrogen-bond acceptors (Lipinski definition) is 4. The zero-order valence-corrected chi connectivity index (χ0v) is 15.1. The van der Waals surface area contributed by atoms with Gasteiger partial charge in [0.1, 0.15) is 0 Å². The molecule has 0 spiro atoms. The first-order chi connectivity index (χ1) is 11.4. The number of ether oxygens (including phenoxy) is 1. The van der Waals surface area contributed by atoms with E-state index in [0.717, 1.165) is 19.3 Å². The smallest absolute Gasteiger partial charge is 0.251 e. The minimum absolute atomic E-state index is 0.110. The van der Waals surface area contributed by atoms with Crippen LogP contribution in [0.5, 0.6) is 0 Å². The van der Waals surface area contributed by atoms with Gasteiger partial charge in [0, 0.05) is 25.2 Å². The molecule has 1 N–H and O–H groups in total. The summed E-state index contributed by atoms with van der Waals surface area (Å²) in [7, 11) is -3.54. The Labute approximate surface area is 144 Å². The summed E-state index contributed by atoms with van der Waals surface area (Å²) < 4.78 is 32.1. The second-order valence-corrected chi connectivity index (χ2v) is 7.97. The van der Waals surface area contributed by atoms with Gasteiger partial charge in [-0.05, 0) is 37.6 Å². The standard InChI is InChI=1S/C17H26N2O4S/c1-3-4-5-10-18-17(20)15-6-8-16(9-7-15)24(21,22)19-11-12-23-14(2)13-19/h6-9,14H,3-5,10-13H2,1-2H3,(H,18,20). The molecule has 1 aromatic carbocycles. The molecular weight excluding hydrogens is 328 g/mol. The van der Waals surface area contributed by atoms with Gasteiger partial charge in [-0.1, -0.05) is 19.8 Å². The molecule has 1 aliphatic rings. The van der Waals surface area contributed by atoms with Gasteiger partial charge in [-0.25, -0.2) is 8.42 Å². The second kappa shape index (κ2) is 8.60. The molecule has 1 atom stereocenters. The number of unbranched alkanes of at least 4 members (excludes halogenated alkanes) is 2. The van der Waals surface area contributed by atoms with Gasteiger partial charge in [0.25, 0.3) is 5.91 Å². The molecule has 1 fully saturated rings. The summed E-state index contributed by atoms with van der Waals surface area (Å²) in [6.45, 7) is 5.70. The van der Waals surface area contributed by atoms with Crippen molar-refractivity contribution in [1.29, 1.82) is 0 Å². The molecule has 24 heavy (non-hydrogen) atoms. The van der Waals surface area contributed by atoms with Crippen molar-refractivity contribution in [3.8, 4) is 0 Å². The molecule has 6 nitrogen and oxygen atoms in total. The third-order valence-corrected chi connectivity index (χ3v) is 5.90. The average Bonchev–Trinajstić information content (AvgIpc) is 2.58. The lowest BCUT2D eigenvalue weighted by atomic mass is 10.2. The minimum Gasteiger partial charge on any atom is -0.376 e. The second-order valence-electron chi connectivity index (χ2n) is 6.03. The Morgan fingerprint density at radius 1 is 1.29 bits per heavy atom. The van der Waals surface area contributed by atoms with Crippen LogP contribution >= 0.6 is 0 Å². The van der Waals surface area contributed by atoms with Crippen LogP contribution in [0.25, 0.3) is 0 Å². The van der Waals surface area contributed by atoms with Gasteiger partial charge in [0.15, 0.2) is 0 Å². The highest BCUT2D eigenvalue weighted by Crippen LogP contribution is 2.19. The fourth-order valence-corrected chi connectivity index (χ4v) is 4.11. The molecule has 0 aromatic heterocycles. The quantitative estimate of drug-likeness (QED) is 0.760. The first-order valence-corrected chi connectivity index (χ1v) is 9.89. The van der Waals surface area contributed by atoms with Crippen LogP contribution in [0.2, 0.25) is 0 Å². The number of carbonyl (C=O) groups is 1. The van der Waals surface area contributed by atoms with Crippen molar-refractivity contribution in [3.63, 3.8) is 0 Å². The lowest BCUT2D eigenvalue weighted by Gasteiger charge is -2.30. The summed E-state index contributed by atoms with van der Waals surface area (Å²) in [5.41, 5.74) is 0.473. The summed E-state index contributed by atoms with van der Waals surface area (Å²) in [6, 6.07) is 6.12. The normalized spacial score (nSPS) is 19.2. The first kappa shape index (κ1) is 18.9. The molecule has 1 aliphatic heterocycles. The van der Waals surface area contributed by atoms with Crippen molar-refractivity contribution in [2.24, 2.45) is 0 Å². The van der Waals surface area contributed by atoms with Crippen LogP contribution in [0.4, 0.5) is 0 Å². The fraction of sp³-hybridized carbons (Fsp3) is 0.588.